The molecule has 9 heteroatoms. The van der Waals surface area contributed by atoms with E-state index in [2.05, 4.69) is 5.32 Å². The molecule has 2 aromatic rings. The van der Waals surface area contributed by atoms with Crippen molar-refractivity contribution in [2.24, 2.45) is 0 Å². The van der Waals surface area contributed by atoms with E-state index < -0.39 is 29.6 Å². The van der Waals surface area contributed by atoms with E-state index in [1.807, 2.05) is 6.07 Å². The lowest BCUT2D eigenvalue weighted by molar-refractivity contribution is -0.384. The molecule has 0 fully saturated rings. The van der Waals surface area contributed by atoms with Crippen molar-refractivity contribution in [2.45, 2.75) is 19.3 Å². The molecule has 2 aromatic carbocycles. The number of rotatable bonds is 8. The minimum atomic E-state index is -1.29. The summed E-state index contributed by atoms with van der Waals surface area (Å²) in [7, 11) is 0. The molecule has 9 nitrogen and oxygen atoms in total. The van der Waals surface area contributed by atoms with Crippen LogP contribution in [0, 0.1) is 10.1 Å². The van der Waals surface area contributed by atoms with Crippen molar-refractivity contribution in [3.05, 3.63) is 75.8 Å². The molecule has 0 aliphatic heterocycles. The number of aliphatic hydroxyl groups is 1. The lowest BCUT2D eigenvalue weighted by Gasteiger charge is -2.15. The Morgan fingerprint density at radius 2 is 1.59 bits per heavy atom. The third kappa shape index (κ3) is 6.40. The summed E-state index contributed by atoms with van der Waals surface area (Å²) in [6.07, 6.45) is -0.870. The van der Waals surface area contributed by atoms with Gasteiger partial charge in [0.05, 0.1) is 11.5 Å². The van der Waals surface area contributed by atoms with Gasteiger partial charge in [0, 0.05) is 12.1 Å². The van der Waals surface area contributed by atoms with Crippen molar-refractivity contribution in [2.75, 3.05) is 6.61 Å². The van der Waals surface area contributed by atoms with E-state index >= 15 is 0 Å². The van der Waals surface area contributed by atoms with Crippen molar-refractivity contribution in [1.82, 2.24) is 5.32 Å². The molecule has 142 valence electrons. The van der Waals surface area contributed by atoms with Gasteiger partial charge in [0.1, 0.15) is 13.2 Å². The normalized spacial score (nSPS) is 11.3. The number of benzene rings is 2. The van der Waals surface area contributed by atoms with Crippen LogP contribution in [0.4, 0.5) is 10.5 Å². The Kier molecular flexibility index (Phi) is 7.26. The number of non-ortho nitro benzene ring substituents is 1. The first kappa shape index (κ1) is 19.9. The Labute approximate surface area is 154 Å². The first-order valence-electron chi connectivity index (χ1n) is 7.97. The van der Waals surface area contributed by atoms with Crippen LogP contribution < -0.4 is 5.32 Å². The molecule has 0 aromatic heterocycles. The van der Waals surface area contributed by atoms with Crippen molar-refractivity contribution in [1.29, 1.82) is 0 Å². The number of alkyl carbamates (subject to hydrolysis) is 1. The van der Waals surface area contributed by atoms with Gasteiger partial charge >= 0.3 is 12.1 Å². The van der Waals surface area contributed by atoms with Crippen molar-refractivity contribution in [3.8, 4) is 0 Å². The lowest BCUT2D eigenvalue weighted by Crippen LogP contribution is -2.44. The van der Waals surface area contributed by atoms with Gasteiger partial charge in [-0.25, -0.2) is 9.59 Å². The van der Waals surface area contributed by atoms with Crippen LogP contribution in [0.25, 0.3) is 0 Å². The van der Waals surface area contributed by atoms with Crippen LogP contribution in [0.5, 0.6) is 0 Å². The molecule has 2 N–H and O–H groups in total. The standard InChI is InChI=1S/C18H18N2O7/c21-10-16(19-18(23)27-12-13-4-2-1-3-5-13)17(22)26-11-14-6-8-15(9-7-14)20(24)25/h1-9,16,21H,10-12H2,(H,19,23)/t16-/m0/s1. The van der Waals surface area contributed by atoms with Crippen LogP contribution in [0.3, 0.4) is 0 Å². The van der Waals surface area contributed by atoms with Gasteiger partial charge < -0.3 is 19.9 Å². The summed E-state index contributed by atoms with van der Waals surface area (Å²) in [6, 6.07) is 13.1. The lowest BCUT2D eigenvalue weighted by atomic mass is 10.2. The van der Waals surface area contributed by atoms with Crippen molar-refractivity contribution in [3.63, 3.8) is 0 Å². The fourth-order valence-electron chi connectivity index (χ4n) is 2.06. The topological polar surface area (TPSA) is 128 Å². The van der Waals surface area contributed by atoms with E-state index in [4.69, 9.17) is 9.47 Å². The molecule has 0 unspecified atom stereocenters. The predicted molar refractivity (Wildman–Crippen MR) is 93.5 cm³/mol. The first-order chi connectivity index (χ1) is 13.0. The van der Waals surface area contributed by atoms with Crippen LogP contribution in [-0.2, 0) is 27.5 Å². The highest BCUT2D eigenvalue weighted by Gasteiger charge is 2.22. The largest absolute Gasteiger partial charge is 0.459 e. The minimum Gasteiger partial charge on any atom is -0.459 e. The Morgan fingerprint density at radius 3 is 2.19 bits per heavy atom. The maximum atomic E-state index is 12.0. The Hall–Kier alpha value is -3.46. The number of nitrogens with one attached hydrogen (secondary N) is 1. The molecule has 2 rings (SSSR count). The molecule has 0 heterocycles. The molecule has 0 aliphatic rings. The fraction of sp³-hybridized carbons (Fsp3) is 0.222. The second-order valence-corrected chi connectivity index (χ2v) is 5.47. The van der Waals surface area contributed by atoms with Crippen LogP contribution in [0.2, 0.25) is 0 Å². The zero-order valence-corrected chi connectivity index (χ0v) is 14.2. The van der Waals surface area contributed by atoms with Crippen LogP contribution in [-0.4, -0.2) is 34.7 Å². The highest BCUT2D eigenvalue weighted by atomic mass is 16.6. The molecule has 0 bridgehead atoms. The van der Waals surface area contributed by atoms with Gasteiger partial charge in [-0.2, -0.15) is 0 Å². The highest BCUT2D eigenvalue weighted by molar-refractivity contribution is 5.81. The van der Waals surface area contributed by atoms with Gasteiger partial charge in [-0.1, -0.05) is 30.3 Å². The van der Waals surface area contributed by atoms with Gasteiger partial charge in [-0.15, -0.1) is 0 Å². The maximum absolute atomic E-state index is 12.0. The van der Waals surface area contributed by atoms with E-state index in [0.29, 0.717) is 5.56 Å². The summed E-state index contributed by atoms with van der Waals surface area (Å²) in [5, 5.41) is 22.1. The summed E-state index contributed by atoms with van der Waals surface area (Å²) in [5.41, 5.74) is 1.22. The van der Waals surface area contributed by atoms with E-state index in [1.165, 1.54) is 24.3 Å². The summed E-state index contributed by atoms with van der Waals surface area (Å²) in [4.78, 5) is 33.8. The van der Waals surface area contributed by atoms with Gasteiger partial charge in [0.15, 0.2) is 6.04 Å². The molecular formula is C18H18N2O7. The van der Waals surface area contributed by atoms with Crippen LogP contribution in [0.1, 0.15) is 11.1 Å². The zero-order chi connectivity index (χ0) is 19.6. The summed E-state index contributed by atoms with van der Waals surface area (Å²) < 4.78 is 9.98. The van der Waals surface area contributed by atoms with E-state index in [9.17, 15) is 24.8 Å². The Bertz CT molecular complexity index is 778. The van der Waals surface area contributed by atoms with Crippen LogP contribution in [0.15, 0.2) is 54.6 Å². The number of ether oxygens (including phenoxy) is 2. The second kappa shape index (κ2) is 9.88. The summed E-state index contributed by atoms with van der Waals surface area (Å²) in [5.74, 6) is -0.854. The molecule has 0 saturated carbocycles. The molecular weight excluding hydrogens is 356 g/mol. The molecule has 27 heavy (non-hydrogen) atoms. The number of esters is 1. The number of carbonyl (C=O) groups is 2. The van der Waals surface area contributed by atoms with Gasteiger partial charge in [-0.05, 0) is 23.3 Å². The number of hydrogen-bond acceptors (Lipinski definition) is 7. The highest BCUT2D eigenvalue weighted by Crippen LogP contribution is 2.12. The monoisotopic (exact) mass is 374 g/mol. The quantitative estimate of drug-likeness (QED) is 0.410. The van der Waals surface area contributed by atoms with E-state index in [-0.39, 0.29) is 18.9 Å². The Morgan fingerprint density at radius 1 is 1.00 bits per heavy atom. The minimum absolute atomic E-state index is 0.0165. The van der Waals surface area contributed by atoms with Gasteiger partial charge in [-0.3, -0.25) is 10.1 Å². The molecule has 0 spiro atoms. The predicted octanol–water partition coefficient (Wildman–Crippen LogP) is 1.93. The molecule has 0 saturated heterocycles. The third-order valence-corrected chi connectivity index (χ3v) is 3.50. The molecule has 0 aliphatic carbocycles. The molecule has 0 radical (unpaired) electrons. The third-order valence-electron chi connectivity index (χ3n) is 3.50. The SMILES string of the molecule is O=C(N[C@@H](CO)C(=O)OCc1ccc([N+](=O)[O-])cc1)OCc1ccccc1. The average molecular weight is 374 g/mol. The smallest absolute Gasteiger partial charge is 0.408 e. The zero-order valence-electron chi connectivity index (χ0n) is 14.2. The summed E-state index contributed by atoms with van der Waals surface area (Å²) in [6.45, 7) is -0.809. The van der Waals surface area contributed by atoms with Gasteiger partial charge in [0.25, 0.3) is 5.69 Å². The van der Waals surface area contributed by atoms with E-state index in [1.54, 1.807) is 24.3 Å². The van der Waals surface area contributed by atoms with Crippen molar-refractivity contribution >= 4 is 17.7 Å². The fourth-order valence-corrected chi connectivity index (χ4v) is 2.06. The molecule has 1 atom stereocenters. The Balaban J connectivity index is 1.80. The second-order valence-electron chi connectivity index (χ2n) is 5.47. The summed E-state index contributed by atoms with van der Waals surface area (Å²) >= 11 is 0. The number of aliphatic hydroxyl groups excluding tert-OH is 1. The number of nitro benzene ring substituents is 1. The molecule has 1 amide bonds. The van der Waals surface area contributed by atoms with E-state index in [0.717, 1.165) is 5.56 Å². The number of nitro groups is 1. The maximum Gasteiger partial charge on any atom is 0.408 e. The van der Waals surface area contributed by atoms with Gasteiger partial charge in [0.2, 0.25) is 0 Å². The number of carbonyl (C=O) groups excluding carboxylic acids is 2. The number of hydrogen-bond donors (Lipinski definition) is 2. The first-order valence-corrected chi connectivity index (χ1v) is 7.97. The average Bonchev–Trinajstić information content (AvgIpc) is 2.69. The number of nitrogens with zero attached hydrogens (tertiary/aromatic N) is 1. The number of amides is 1. The van der Waals surface area contributed by atoms with Crippen LogP contribution >= 0.6 is 0 Å². The van der Waals surface area contributed by atoms with Crippen molar-refractivity contribution < 1.29 is 29.1 Å².